The van der Waals surface area contributed by atoms with Gasteiger partial charge in [-0.05, 0) is 13.3 Å². The SMILES string of the molecule is CCC(C)(N)c1nc(COCC(F)(F)C(F)F)no1. The first-order valence-electron chi connectivity index (χ1n) is 5.54. The molecular formula is C10H15F4N3O2. The molecule has 1 heterocycles. The summed E-state index contributed by atoms with van der Waals surface area (Å²) in [6, 6.07) is 0. The molecule has 0 aromatic carbocycles. The van der Waals surface area contributed by atoms with Gasteiger partial charge in [0.1, 0.15) is 13.2 Å². The third-order valence-electron chi connectivity index (χ3n) is 2.54. The summed E-state index contributed by atoms with van der Waals surface area (Å²) >= 11 is 0. The normalized spacial score (nSPS) is 15.8. The van der Waals surface area contributed by atoms with Crippen LogP contribution in [-0.2, 0) is 16.9 Å². The van der Waals surface area contributed by atoms with Crippen molar-refractivity contribution in [2.75, 3.05) is 6.61 Å². The molecule has 0 saturated carbocycles. The van der Waals surface area contributed by atoms with Crippen molar-refractivity contribution in [3.8, 4) is 0 Å². The van der Waals surface area contributed by atoms with Crippen LogP contribution in [-0.4, -0.2) is 29.1 Å². The molecule has 0 amide bonds. The first kappa shape index (κ1) is 15.8. The van der Waals surface area contributed by atoms with Crippen molar-refractivity contribution in [2.45, 2.75) is 44.8 Å². The van der Waals surface area contributed by atoms with E-state index in [1.165, 1.54) is 0 Å². The molecule has 110 valence electrons. The van der Waals surface area contributed by atoms with Crippen LogP contribution >= 0.6 is 0 Å². The Labute approximate surface area is 107 Å². The molecule has 1 rings (SSSR count). The molecule has 1 unspecified atom stereocenters. The number of nitrogens with zero attached hydrogens (tertiary/aromatic N) is 2. The van der Waals surface area contributed by atoms with E-state index in [2.05, 4.69) is 14.9 Å². The quantitative estimate of drug-likeness (QED) is 0.776. The minimum atomic E-state index is -4.20. The number of ether oxygens (including phenoxy) is 1. The zero-order valence-corrected chi connectivity index (χ0v) is 10.5. The fourth-order valence-electron chi connectivity index (χ4n) is 1.04. The summed E-state index contributed by atoms with van der Waals surface area (Å²) in [5, 5.41) is 3.47. The van der Waals surface area contributed by atoms with E-state index in [1.807, 2.05) is 6.92 Å². The van der Waals surface area contributed by atoms with Crippen LogP contribution in [0.3, 0.4) is 0 Å². The zero-order chi connectivity index (χ0) is 14.7. The number of nitrogens with two attached hydrogens (primary N) is 1. The summed E-state index contributed by atoms with van der Waals surface area (Å²) in [5.74, 6) is -4.09. The number of halogens is 4. The smallest absolute Gasteiger partial charge is 0.330 e. The van der Waals surface area contributed by atoms with Crippen LogP contribution < -0.4 is 5.73 Å². The Balaban J connectivity index is 2.52. The Morgan fingerprint density at radius 2 is 2.05 bits per heavy atom. The number of aromatic nitrogens is 2. The maximum absolute atomic E-state index is 12.5. The Hall–Kier alpha value is -1.22. The molecule has 19 heavy (non-hydrogen) atoms. The highest BCUT2D eigenvalue weighted by molar-refractivity contribution is 4.98. The van der Waals surface area contributed by atoms with E-state index in [0.29, 0.717) is 6.42 Å². The fraction of sp³-hybridized carbons (Fsp3) is 0.800. The van der Waals surface area contributed by atoms with Gasteiger partial charge in [0, 0.05) is 0 Å². The minimum absolute atomic E-state index is 0.0230. The molecule has 0 saturated heterocycles. The lowest BCUT2D eigenvalue weighted by Crippen LogP contribution is -2.32. The van der Waals surface area contributed by atoms with E-state index in [-0.39, 0.29) is 11.7 Å². The van der Waals surface area contributed by atoms with Crippen molar-refractivity contribution in [3.05, 3.63) is 11.7 Å². The van der Waals surface area contributed by atoms with Gasteiger partial charge in [-0.25, -0.2) is 8.78 Å². The van der Waals surface area contributed by atoms with Gasteiger partial charge in [0.15, 0.2) is 5.82 Å². The summed E-state index contributed by atoms with van der Waals surface area (Å²) in [4.78, 5) is 3.86. The molecule has 0 bridgehead atoms. The van der Waals surface area contributed by atoms with Gasteiger partial charge in [0.2, 0.25) is 5.89 Å². The van der Waals surface area contributed by atoms with Crippen molar-refractivity contribution >= 4 is 0 Å². The second-order valence-electron chi connectivity index (χ2n) is 4.34. The second-order valence-corrected chi connectivity index (χ2v) is 4.34. The molecule has 0 fully saturated rings. The van der Waals surface area contributed by atoms with Gasteiger partial charge in [-0.1, -0.05) is 12.1 Å². The number of hydrogen-bond acceptors (Lipinski definition) is 5. The highest BCUT2D eigenvalue weighted by atomic mass is 19.3. The predicted octanol–water partition coefficient (Wildman–Crippen LogP) is 2.07. The first-order chi connectivity index (χ1) is 8.69. The van der Waals surface area contributed by atoms with Gasteiger partial charge < -0.3 is 15.0 Å². The standard InChI is InChI=1S/C10H15F4N3O2/c1-3-9(2,15)8-16-6(17-19-8)4-18-5-10(13,14)7(11)12/h7H,3-5,15H2,1-2H3. The summed E-state index contributed by atoms with van der Waals surface area (Å²) in [5.41, 5.74) is 5.00. The van der Waals surface area contributed by atoms with Crippen LogP contribution in [0, 0.1) is 0 Å². The van der Waals surface area contributed by atoms with E-state index in [1.54, 1.807) is 6.92 Å². The Morgan fingerprint density at radius 3 is 2.58 bits per heavy atom. The molecule has 0 aliphatic rings. The van der Waals surface area contributed by atoms with Crippen molar-refractivity contribution < 1.29 is 26.8 Å². The molecule has 2 N–H and O–H groups in total. The lowest BCUT2D eigenvalue weighted by molar-refractivity contribution is -0.168. The van der Waals surface area contributed by atoms with Gasteiger partial charge >= 0.3 is 12.3 Å². The van der Waals surface area contributed by atoms with Crippen LogP contribution in [0.1, 0.15) is 32.0 Å². The second kappa shape index (κ2) is 5.83. The van der Waals surface area contributed by atoms with Gasteiger partial charge in [-0.3, -0.25) is 0 Å². The maximum atomic E-state index is 12.5. The van der Waals surface area contributed by atoms with E-state index in [4.69, 9.17) is 10.3 Å². The highest BCUT2D eigenvalue weighted by Crippen LogP contribution is 2.23. The van der Waals surface area contributed by atoms with Crippen LogP contribution in [0.15, 0.2) is 4.52 Å². The third-order valence-corrected chi connectivity index (χ3v) is 2.54. The van der Waals surface area contributed by atoms with E-state index in [0.717, 1.165) is 0 Å². The third kappa shape index (κ3) is 4.13. The largest absolute Gasteiger partial charge is 0.367 e. The Bertz CT molecular complexity index is 409. The fourth-order valence-corrected chi connectivity index (χ4v) is 1.04. The molecule has 9 heteroatoms. The summed E-state index contributed by atoms with van der Waals surface area (Å²) in [6.45, 7) is 1.60. The average Bonchev–Trinajstić information content (AvgIpc) is 2.78. The molecular weight excluding hydrogens is 270 g/mol. The molecule has 0 radical (unpaired) electrons. The molecule has 0 aliphatic heterocycles. The maximum Gasteiger partial charge on any atom is 0.330 e. The highest BCUT2D eigenvalue weighted by Gasteiger charge is 2.41. The lowest BCUT2D eigenvalue weighted by atomic mass is 10.0. The van der Waals surface area contributed by atoms with Crippen molar-refractivity contribution in [1.82, 2.24) is 10.1 Å². The molecule has 1 aromatic heterocycles. The summed E-state index contributed by atoms with van der Waals surface area (Å²) in [7, 11) is 0. The number of rotatable bonds is 7. The predicted molar refractivity (Wildman–Crippen MR) is 56.7 cm³/mol. The van der Waals surface area contributed by atoms with E-state index in [9.17, 15) is 17.6 Å². The van der Waals surface area contributed by atoms with E-state index >= 15 is 0 Å². The zero-order valence-electron chi connectivity index (χ0n) is 10.5. The summed E-state index contributed by atoms with van der Waals surface area (Å²) < 4.78 is 58.1. The number of hydrogen-bond donors (Lipinski definition) is 1. The Morgan fingerprint density at radius 1 is 1.42 bits per heavy atom. The minimum Gasteiger partial charge on any atom is -0.367 e. The van der Waals surface area contributed by atoms with Crippen LogP contribution in [0.25, 0.3) is 0 Å². The van der Waals surface area contributed by atoms with E-state index < -0.39 is 31.1 Å². The van der Waals surface area contributed by atoms with Crippen LogP contribution in [0.4, 0.5) is 17.6 Å². The van der Waals surface area contributed by atoms with Gasteiger partial charge in [-0.2, -0.15) is 13.8 Å². The molecule has 1 atom stereocenters. The molecule has 5 nitrogen and oxygen atoms in total. The van der Waals surface area contributed by atoms with Gasteiger partial charge in [0.05, 0.1) is 5.54 Å². The van der Waals surface area contributed by atoms with Gasteiger partial charge in [-0.15, -0.1) is 0 Å². The monoisotopic (exact) mass is 285 g/mol. The number of alkyl halides is 4. The topological polar surface area (TPSA) is 74.2 Å². The average molecular weight is 285 g/mol. The van der Waals surface area contributed by atoms with Crippen molar-refractivity contribution in [3.63, 3.8) is 0 Å². The lowest BCUT2D eigenvalue weighted by Gasteiger charge is -2.16. The molecule has 1 aromatic rings. The molecule has 0 aliphatic carbocycles. The van der Waals surface area contributed by atoms with Crippen LogP contribution in [0.2, 0.25) is 0 Å². The Kier molecular flexibility index (Phi) is 4.86. The van der Waals surface area contributed by atoms with Crippen LogP contribution in [0.5, 0.6) is 0 Å². The van der Waals surface area contributed by atoms with Crippen molar-refractivity contribution in [2.24, 2.45) is 5.73 Å². The first-order valence-corrected chi connectivity index (χ1v) is 5.54. The van der Waals surface area contributed by atoms with Gasteiger partial charge in [0.25, 0.3) is 0 Å². The summed E-state index contributed by atoms with van der Waals surface area (Å²) in [6.07, 6.45) is -3.25. The molecule has 0 spiro atoms. The van der Waals surface area contributed by atoms with Crippen molar-refractivity contribution in [1.29, 1.82) is 0 Å².